The van der Waals surface area contributed by atoms with Crippen LogP contribution in [-0.2, 0) is 4.74 Å². The van der Waals surface area contributed by atoms with Crippen molar-refractivity contribution in [3.05, 3.63) is 29.1 Å². The number of nitrogens with zero attached hydrogens (tertiary/aromatic N) is 1. The average molecular weight is 196 g/mol. The molecule has 14 heavy (non-hydrogen) atoms. The van der Waals surface area contributed by atoms with Gasteiger partial charge < -0.3 is 4.74 Å². The van der Waals surface area contributed by atoms with Gasteiger partial charge in [0, 0.05) is 17.7 Å². The second-order valence-electron chi connectivity index (χ2n) is 2.96. The van der Waals surface area contributed by atoms with E-state index >= 15 is 0 Å². The molecule has 0 aromatic carbocycles. The molecule has 0 saturated heterocycles. The third kappa shape index (κ3) is 1.69. The lowest BCUT2D eigenvalue weighted by Gasteiger charge is -2.04. The predicted octanol–water partition coefficient (Wildman–Crippen LogP) is 0.436. The molecule has 4 heteroatoms. The third-order valence-corrected chi connectivity index (χ3v) is 2.13. The Morgan fingerprint density at radius 3 is 2.50 bits per heavy atom. The van der Waals surface area contributed by atoms with E-state index in [4.69, 9.17) is 4.84 Å². The Bertz CT molecular complexity index is 361. The predicted molar refractivity (Wildman–Crippen MR) is 50.0 cm³/mol. The van der Waals surface area contributed by atoms with E-state index in [1.807, 2.05) is 19.9 Å². The Labute approximate surface area is 83.0 Å². The second kappa shape index (κ2) is 4.09. The van der Waals surface area contributed by atoms with Crippen molar-refractivity contribution in [1.29, 1.82) is 0 Å². The highest BCUT2D eigenvalue weighted by Crippen LogP contribution is 2.10. The molecule has 76 valence electrons. The number of aryl methyl sites for hydroxylation is 1. The topological polar surface area (TPSA) is 39.4 Å². The first-order chi connectivity index (χ1) is 6.61. The van der Waals surface area contributed by atoms with Gasteiger partial charge in [-0.25, -0.2) is 4.79 Å². The first kappa shape index (κ1) is 10.5. The van der Waals surface area contributed by atoms with Gasteiger partial charge >= 0.3 is 5.97 Å². The summed E-state index contributed by atoms with van der Waals surface area (Å²) in [6.45, 7) is 3.67. The smallest absolute Gasteiger partial charge is 0.344 e. The molecule has 0 aliphatic carbocycles. The SMILES string of the molecule is COC(=O)c1c(C)cc[n+](OC)c1C. The summed E-state index contributed by atoms with van der Waals surface area (Å²) >= 11 is 0. The van der Waals surface area contributed by atoms with E-state index in [1.165, 1.54) is 11.8 Å². The normalized spacial score (nSPS) is 9.71. The number of methoxy groups -OCH3 is 1. The molecule has 0 radical (unpaired) electrons. The Morgan fingerprint density at radius 1 is 1.36 bits per heavy atom. The molecule has 0 spiro atoms. The second-order valence-corrected chi connectivity index (χ2v) is 2.96. The highest BCUT2D eigenvalue weighted by Gasteiger charge is 2.21. The van der Waals surface area contributed by atoms with Crippen LogP contribution in [0.1, 0.15) is 21.6 Å². The molecule has 0 amide bonds. The van der Waals surface area contributed by atoms with Gasteiger partial charge in [-0.05, 0) is 12.5 Å². The van der Waals surface area contributed by atoms with Gasteiger partial charge in [0.15, 0.2) is 0 Å². The summed E-state index contributed by atoms with van der Waals surface area (Å²) in [5.41, 5.74) is 2.17. The lowest BCUT2D eigenvalue weighted by atomic mass is 10.1. The number of carbonyl (C=O) groups is 1. The minimum Gasteiger partial charge on any atom is -0.465 e. The van der Waals surface area contributed by atoms with Crippen LogP contribution in [0.25, 0.3) is 0 Å². The summed E-state index contributed by atoms with van der Waals surface area (Å²) in [5.74, 6) is -0.341. The standard InChI is InChI=1S/C10H14NO3/c1-7-5-6-11(14-4)8(2)9(7)10(12)13-3/h5-6H,1-4H3/q+1. The van der Waals surface area contributed by atoms with Crippen LogP contribution >= 0.6 is 0 Å². The van der Waals surface area contributed by atoms with E-state index in [1.54, 1.807) is 13.3 Å². The van der Waals surface area contributed by atoms with Gasteiger partial charge in [0.05, 0.1) is 7.11 Å². The van der Waals surface area contributed by atoms with E-state index in [0.29, 0.717) is 5.56 Å². The van der Waals surface area contributed by atoms with Gasteiger partial charge in [-0.15, -0.1) is 0 Å². The summed E-state index contributed by atoms with van der Waals surface area (Å²) in [7, 11) is 2.91. The van der Waals surface area contributed by atoms with E-state index in [-0.39, 0.29) is 5.97 Å². The quantitative estimate of drug-likeness (QED) is 0.509. The maximum atomic E-state index is 11.4. The monoisotopic (exact) mass is 196 g/mol. The van der Waals surface area contributed by atoms with Crippen molar-refractivity contribution >= 4 is 5.97 Å². The van der Waals surface area contributed by atoms with Gasteiger partial charge in [0.1, 0.15) is 12.7 Å². The van der Waals surface area contributed by atoms with Crippen molar-refractivity contribution in [3.63, 3.8) is 0 Å². The van der Waals surface area contributed by atoms with E-state index in [2.05, 4.69) is 4.74 Å². The molecule has 0 aliphatic rings. The maximum absolute atomic E-state index is 11.4. The Kier molecular flexibility index (Phi) is 3.06. The molecule has 0 fully saturated rings. The number of ether oxygens (including phenoxy) is 1. The first-order valence-electron chi connectivity index (χ1n) is 4.26. The first-order valence-corrected chi connectivity index (χ1v) is 4.26. The number of hydrogen-bond donors (Lipinski definition) is 0. The number of rotatable bonds is 2. The molecule has 1 aromatic heterocycles. The number of carbonyl (C=O) groups excluding carboxylic acids is 1. The zero-order valence-corrected chi connectivity index (χ0v) is 8.83. The van der Waals surface area contributed by atoms with E-state index < -0.39 is 0 Å². The fourth-order valence-corrected chi connectivity index (χ4v) is 1.38. The van der Waals surface area contributed by atoms with Crippen LogP contribution in [-0.4, -0.2) is 20.2 Å². The maximum Gasteiger partial charge on any atom is 0.344 e. The van der Waals surface area contributed by atoms with Crippen molar-refractivity contribution in [3.8, 4) is 0 Å². The Hall–Kier alpha value is -1.58. The molecule has 0 N–H and O–H groups in total. The molecule has 0 aliphatic heterocycles. The van der Waals surface area contributed by atoms with Crippen molar-refractivity contribution in [2.75, 3.05) is 14.2 Å². The number of aromatic nitrogens is 1. The molecule has 0 saturated carbocycles. The minimum atomic E-state index is -0.341. The largest absolute Gasteiger partial charge is 0.465 e. The van der Waals surface area contributed by atoms with Gasteiger partial charge in [-0.3, -0.25) is 4.84 Å². The van der Waals surface area contributed by atoms with Gasteiger partial charge in [0.2, 0.25) is 11.9 Å². The van der Waals surface area contributed by atoms with Crippen molar-refractivity contribution in [2.24, 2.45) is 0 Å². The fraction of sp³-hybridized carbons (Fsp3) is 0.400. The average Bonchev–Trinajstić information content (AvgIpc) is 2.18. The van der Waals surface area contributed by atoms with Crippen LogP contribution in [0.5, 0.6) is 0 Å². The third-order valence-electron chi connectivity index (χ3n) is 2.13. The van der Waals surface area contributed by atoms with Gasteiger partial charge in [-0.1, -0.05) is 0 Å². The van der Waals surface area contributed by atoms with Crippen LogP contribution < -0.4 is 9.57 Å². The van der Waals surface area contributed by atoms with Crippen LogP contribution in [0.2, 0.25) is 0 Å². The molecule has 4 nitrogen and oxygen atoms in total. The van der Waals surface area contributed by atoms with Gasteiger partial charge in [0.25, 0.3) is 0 Å². The Morgan fingerprint density at radius 2 is 2.00 bits per heavy atom. The highest BCUT2D eigenvalue weighted by atomic mass is 16.6. The lowest BCUT2D eigenvalue weighted by molar-refractivity contribution is -0.889. The zero-order chi connectivity index (χ0) is 10.7. The molecule has 0 bridgehead atoms. The molecule has 1 heterocycles. The summed E-state index contributed by atoms with van der Waals surface area (Å²) in [5, 5.41) is 0. The number of esters is 1. The van der Waals surface area contributed by atoms with Crippen LogP contribution in [0.4, 0.5) is 0 Å². The molecule has 0 unspecified atom stereocenters. The van der Waals surface area contributed by atoms with Crippen molar-refractivity contribution < 1.29 is 19.1 Å². The van der Waals surface area contributed by atoms with Crippen LogP contribution in [0.3, 0.4) is 0 Å². The zero-order valence-electron chi connectivity index (χ0n) is 8.83. The molecule has 1 aromatic rings. The van der Waals surface area contributed by atoms with Crippen molar-refractivity contribution in [1.82, 2.24) is 0 Å². The number of pyridine rings is 1. The molecule has 0 atom stereocenters. The van der Waals surface area contributed by atoms with E-state index in [0.717, 1.165) is 11.3 Å². The lowest BCUT2D eigenvalue weighted by Crippen LogP contribution is -2.44. The van der Waals surface area contributed by atoms with E-state index in [9.17, 15) is 4.79 Å². The highest BCUT2D eigenvalue weighted by molar-refractivity contribution is 5.91. The summed E-state index contributed by atoms with van der Waals surface area (Å²) in [6.07, 6.45) is 1.76. The fourth-order valence-electron chi connectivity index (χ4n) is 1.38. The van der Waals surface area contributed by atoms with Crippen molar-refractivity contribution in [2.45, 2.75) is 13.8 Å². The molecular weight excluding hydrogens is 182 g/mol. The summed E-state index contributed by atoms with van der Waals surface area (Å²) in [6, 6.07) is 1.81. The molecular formula is C10H14NO3+. The number of hydrogen-bond acceptors (Lipinski definition) is 3. The van der Waals surface area contributed by atoms with Gasteiger partial charge in [-0.2, -0.15) is 0 Å². The Balaban J connectivity index is 3.32. The minimum absolute atomic E-state index is 0.341. The molecule has 1 rings (SSSR count). The summed E-state index contributed by atoms with van der Waals surface area (Å²) < 4.78 is 6.22. The summed E-state index contributed by atoms with van der Waals surface area (Å²) in [4.78, 5) is 16.5. The van der Waals surface area contributed by atoms with Crippen LogP contribution in [0.15, 0.2) is 12.3 Å². The van der Waals surface area contributed by atoms with Crippen LogP contribution in [0, 0.1) is 13.8 Å².